The SMILES string of the molecule is CC(C)(C)c1ccc(N(c2ccc(C(C)(C)C)cc2)c2ccc3c(c2)N(c2ccc(C(C)(C)C)cc2-c2ccccc2)c2cc(C(C)(C)C)cc4c2B3c2cc3c(cc2N4c2ccc4c(c2)C(C)(C)c2ccccc2C4(C)C)C(C)(C)c2ccccc2C3(C)C)cc1. The molecule has 4 aliphatic rings. The largest absolute Gasteiger partial charge is 0.311 e. The highest BCUT2D eigenvalue weighted by atomic mass is 15.2. The molecular weight excluding hydrogens is 1110 g/mol. The molecule has 0 radical (unpaired) electrons. The summed E-state index contributed by atoms with van der Waals surface area (Å²) in [5, 5.41) is 0. The normalized spacial score (nSPS) is 16.3. The summed E-state index contributed by atoms with van der Waals surface area (Å²) >= 11 is 0. The Morgan fingerprint density at radius 2 is 0.707 bits per heavy atom. The zero-order valence-electron chi connectivity index (χ0n) is 58.5. The van der Waals surface area contributed by atoms with E-state index in [1.54, 1.807) is 0 Å². The third-order valence-corrected chi connectivity index (χ3v) is 22.0. The summed E-state index contributed by atoms with van der Waals surface area (Å²) in [6.07, 6.45) is 0. The molecule has 10 aromatic carbocycles. The fourth-order valence-corrected chi connectivity index (χ4v) is 16.3. The molecule has 4 heteroatoms. The van der Waals surface area contributed by atoms with Gasteiger partial charge in [0.25, 0.3) is 6.71 Å². The van der Waals surface area contributed by atoms with E-state index in [1.807, 2.05) is 0 Å². The minimum atomic E-state index is -0.284. The Balaban J connectivity index is 1.12. The Bertz CT molecular complexity index is 4550. The molecule has 3 nitrogen and oxygen atoms in total. The third-order valence-electron chi connectivity index (χ3n) is 22.0. The summed E-state index contributed by atoms with van der Waals surface area (Å²) in [5.74, 6) is 0. The number of nitrogens with zero attached hydrogens (tertiary/aromatic N) is 3. The molecule has 2 heterocycles. The van der Waals surface area contributed by atoms with Crippen LogP contribution in [-0.2, 0) is 43.3 Å². The second-order valence-corrected chi connectivity index (χ2v) is 33.6. The summed E-state index contributed by atoms with van der Waals surface area (Å²) in [5.41, 5.74) is 32.0. The van der Waals surface area contributed by atoms with Crippen molar-refractivity contribution >= 4 is 74.3 Å². The van der Waals surface area contributed by atoms with Gasteiger partial charge in [-0.3, -0.25) is 0 Å². The number of anilines is 9. The molecule has 0 amide bonds. The fraction of sp³-hybridized carbons (Fsp3) is 0.318. The van der Waals surface area contributed by atoms with Crippen LogP contribution in [0.4, 0.5) is 51.2 Å². The van der Waals surface area contributed by atoms with E-state index in [1.165, 1.54) is 123 Å². The first-order chi connectivity index (χ1) is 43.2. The first kappa shape index (κ1) is 61.2. The van der Waals surface area contributed by atoms with Crippen molar-refractivity contribution in [2.45, 2.75) is 182 Å². The molecule has 0 bridgehead atoms. The molecule has 0 atom stereocenters. The van der Waals surface area contributed by atoms with Crippen molar-refractivity contribution in [3.8, 4) is 11.1 Å². The van der Waals surface area contributed by atoms with E-state index in [4.69, 9.17) is 0 Å². The van der Waals surface area contributed by atoms with E-state index in [0.717, 1.165) is 22.7 Å². The highest BCUT2D eigenvalue weighted by Crippen LogP contribution is 2.57. The van der Waals surface area contributed by atoms with Gasteiger partial charge in [0.15, 0.2) is 0 Å². The quantitative estimate of drug-likeness (QED) is 0.154. The van der Waals surface area contributed by atoms with Crippen LogP contribution in [0, 0.1) is 0 Å². The maximum atomic E-state index is 2.72. The van der Waals surface area contributed by atoms with Gasteiger partial charge in [-0.15, -0.1) is 0 Å². The first-order valence-corrected chi connectivity index (χ1v) is 33.9. The Kier molecular flexibility index (Phi) is 13.7. The summed E-state index contributed by atoms with van der Waals surface area (Å²) in [7, 11) is 0. The van der Waals surface area contributed by atoms with Gasteiger partial charge in [-0.05, 0) is 189 Å². The lowest BCUT2D eigenvalue weighted by molar-refractivity contribution is 0.520. The van der Waals surface area contributed by atoms with Gasteiger partial charge in [0.05, 0.1) is 5.69 Å². The van der Waals surface area contributed by atoms with Crippen LogP contribution in [0.15, 0.2) is 206 Å². The number of fused-ring (bicyclic) bond motifs is 8. The van der Waals surface area contributed by atoms with Crippen molar-refractivity contribution < 1.29 is 0 Å². The molecular formula is C88H94BN3. The van der Waals surface area contributed by atoms with E-state index in [0.29, 0.717) is 0 Å². The molecule has 0 N–H and O–H groups in total. The summed E-state index contributed by atoms with van der Waals surface area (Å²) in [4.78, 5) is 7.91. The fourth-order valence-electron chi connectivity index (χ4n) is 16.3. The lowest BCUT2D eigenvalue weighted by atomic mass is 9.33. The number of benzene rings is 10. The summed E-state index contributed by atoms with van der Waals surface area (Å²) in [6.45, 7) is 47.6. The standard InChI is InChI=1S/C88H94BN3/c1-81(2,3)56-34-39-60(40-35-56)90(61-41-36-57(37-42-61)82(4,5)6)63-44-46-73-76(52-63)92(75-47-38-58(83(7,8)9)48-64(75)55-28-22-21-23-29-55)79-50-59(84(10,11)12)49-78-80(79)89(73)74-53-71-72(88(19,20)68-33-27-26-32-67(68)87(71,17)18)54-77(74)91(78)62-43-45-69-70(51-62)86(15,16)66-31-25-24-30-65(66)85(69,13)14/h21-54H,1-20H3. The molecule has 0 saturated carbocycles. The van der Waals surface area contributed by atoms with Crippen LogP contribution in [0.5, 0.6) is 0 Å². The first-order valence-electron chi connectivity index (χ1n) is 33.9. The molecule has 0 spiro atoms. The summed E-state index contributed by atoms with van der Waals surface area (Å²) in [6, 6.07) is 81.2. The van der Waals surface area contributed by atoms with Crippen LogP contribution >= 0.6 is 0 Å². The minimum Gasteiger partial charge on any atom is -0.311 e. The van der Waals surface area contributed by atoms with Gasteiger partial charge in [-0.2, -0.15) is 0 Å². The van der Waals surface area contributed by atoms with Gasteiger partial charge in [0.2, 0.25) is 0 Å². The Morgan fingerprint density at radius 1 is 0.293 bits per heavy atom. The average molecular weight is 1200 g/mol. The summed E-state index contributed by atoms with van der Waals surface area (Å²) < 4.78 is 0. The molecule has 92 heavy (non-hydrogen) atoms. The lowest BCUT2D eigenvalue weighted by Gasteiger charge is -2.49. The van der Waals surface area contributed by atoms with Crippen molar-refractivity contribution in [3.05, 3.63) is 273 Å². The van der Waals surface area contributed by atoms with Crippen molar-refractivity contribution in [1.82, 2.24) is 0 Å². The Morgan fingerprint density at radius 3 is 1.21 bits per heavy atom. The highest BCUT2D eigenvalue weighted by molar-refractivity contribution is 7.00. The van der Waals surface area contributed by atoms with Crippen LogP contribution in [0.1, 0.15) is 205 Å². The molecule has 14 rings (SSSR count). The molecule has 2 aliphatic heterocycles. The van der Waals surface area contributed by atoms with Crippen molar-refractivity contribution in [2.24, 2.45) is 0 Å². The number of rotatable bonds is 6. The number of hydrogen-bond donors (Lipinski definition) is 0. The van der Waals surface area contributed by atoms with E-state index >= 15 is 0 Å². The van der Waals surface area contributed by atoms with Crippen LogP contribution in [0.2, 0.25) is 0 Å². The highest BCUT2D eigenvalue weighted by Gasteiger charge is 2.50. The monoisotopic (exact) mass is 1200 g/mol. The predicted molar refractivity (Wildman–Crippen MR) is 397 cm³/mol. The van der Waals surface area contributed by atoms with Crippen LogP contribution in [-0.4, -0.2) is 6.71 Å². The van der Waals surface area contributed by atoms with Crippen LogP contribution < -0.4 is 31.1 Å². The molecule has 0 unspecified atom stereocenters. The molecule has 2 aliphatic carbocycles. The smallest absolute Gasteiger partial charge is 0.252 e. The van der Waals surface area contributed by atoms with Crippen LogP contribution in [0.3, 0.4) is 0 Å². The Labute approximate surface area is 551 Å². The van der Waals surface area contributed by atoms with Crippen molar-refractivity contribution in [2.75, 3.05) is 14.7 Å². The predicted octanol–water partition coefficient (Wildman–Crippen LogP) is 22.0. The zero-order valence-corrected chi connectivity index (χ0v) is 58.5. The van der Waals surface area contributed by atoms with Gasteiger partial charge in [0, 0.05) is 72.7 Å². The van der Waals surface area contributed by atoms with Crippen molar-refractivity contribution in [3.63, 3.8) is 0 Å². The van der Waals surface area contributed by atoms with Crippen LogP contribution in [0.25, 0.3) is 11.1 Å². The molecule has 0 saturated heterocycles. The zero-order chi connectivity index (χ0) is 65.4. The second-order valence-electron chi connectivity index (χ2n) is 33.6. The van der Waals surface area contributed by atoms with Gasteiger partial charge >= 0.3 is 0 Å². The van der Waals surface area contributed by atoms with E-state index in [-0.39, 0.29) is 50.0 Å². The van der Waals surface area contributed by atoms with Gasteiger partial charge in [-0.1, -0.05) is 266 Å². The topological polar surface area (TPSA) is 9.72 Å². The maximum Gasteiger partial charge on any atom is 0.252 e. The third kappa shape index (κ3) is 9.49. The minimum absolute atomic E-state index is 0.000302. The number of hydrogen-bond acceptors (Lipinski definition) is 3. The van der Waals surface area contributed by atoms with E-state index < -0.39 is 0 Å². The molecule has 464 valence electrons. The molecule has 0 fully saturated rings. The average Bonchev–Trinajstić information content (AvgIpc) is 0.686. The Hall–Kier alpha value is -8.34. The molecule has 0 aromatic heterocycles. The van der Waals surface area contributed by atoms with E-state index in [2.05, 4.69) is 359 Å². The van der Waals surface area contributed by atoms with Crippen molar-refractivity contribution in [1.29, 1.82) is 0 Å². The maximum absolute atomic E-state index is 2.72. The second kappa shape index (κ2) is 20.6. The van der Waals surface area contributed by atoms with Gasteiger partial charge in [-0.25, -0.2) is 0 Å². The lowest BCUT2D eigenvalue weighted by Crippen LogP contribution is -2.62. The molecule has 10 aromatic rings. The van der Waals surface area contributed by atoms with Gasteiger partial charge in [0.1, 0.15) is 0 Å². The van der Waals surface area contributed by atoms with E-state index in [9.17, 15) is 0 Å². The van der Waals surface area contributed by atoms with Gasteiger partial charge < -0.3 is 14.7 Å².